The van der Waals surface area contributed by atoms with Crippen LogP contribution in [-0.2, 0) is 0 Å². The first-order chi connectivity index (χ1) is 58.6. The zero-order chi connectivity index (χ0) is 77.7. The molecule has 0 atom stereocenters. The number of nitrogens with zero attached hydrogens (tertiary/aromatic N) is 2. The minimum Gasteiger partial charge on any atom is -0.309 e. The van der Waals surface area contributed by atoms with E-state index in [-0.39, 0.29) is 0 Å². The van der Waals surface area contributed by atoms with Gasteiger partial charge in [0.05, 0.1) is 27.8 Å². The smallest absolute Gasteiger partial charge is 0.0541 e. The molecule has 0 fully saturated rings. The van der Waals surface area contributed by atoms with Crippen molar-refractivity contribution in [2.24, 2.45) is 0 Å². The van der Waals surface area contributed by atoms with Gasteiger partial charge in [-0.15, -0.1) is 0 Å². The summed E-state index contributed by atoms with van der Waals surface area (Å²) in [5, 5.41) is 25.1. The van der Waals surface area contributed by atoms with Gasteiger partial charge in [-0.25, -0.2) is 0 Å². The van der Waals surface area contributed by atoms with E-state index in [1.165, 1.54) is 224 Å². The lowest BCUT2D eigenvalue weighted by atomic mass is 9.83. The van der Waals surface area contributed by atoms with Crippen LogP contribution in [0, 0.1) is 0 Å². The van der Waals surface area contributed by atoms with Gasteiger partial charge in [0.15, 0.2) is 0 Å². The van der Waals surface area contributed by atoms with Crippen LogP contribution in [0.3, 0.4) is 0 Å². The Bertz CT molecular complexity index is 7930. The van der Waals surface area contributed by atoms with Gasteiger partial charge in [-0.05, 0) is 243 Å². The second-order valence-corrected chi connectivity index (χ2v) is 31.2. The van der Waals surface area contributed by atoms with Crippen molar-refractivity contribution in [3.05, 3.63) is 449 Å². The van der Waals surface area contributed by atoms with Gasteiger partial charge in [-0.2, -0.15) is 0 Å². The van der Waals surface area contributed by atoms with Crippen molar-refractivity contribution in [3.8, 4) is 100 Å². The number of fused-ring (bicyclic) bond motifs is 16. The molecule has 0 saturated heterocycles. The van der Waals surface area contributed by atoms with Crippen LogP contribution in [0.5, 0.6) is 0 Å². The molecule has 0 N–H and O–H groups in total. The van der Waals surface area contributed by atoms with Gasteiger partial charge in [0.2, 0.25) is 0 Å². The van der Waals surface area contributed by atoms with E-state index in [1.807, 2.05) is 0 Å². The molecular formula is C116H74N2. The summed E-state index contributed by atoms with van der Waals surface area (Å²) >= 11 is 0. The van der Waals surface area contributed by atoms with E-state index in [1.54, 1.807) is 0 Å². The van der Waals surface area contributed by atoms with E-state index >= 15 is 0 Å². The highest BCUT2D eigenvalue weighted by Gasteiger charge is 2.25. The van der Waals surface area contributed by atoms with Crippen LogP contribution in [0.15, 0.2) is 449 Å². The van der Waals surface area contributed by atoms with Crippen molar-refractivity contribution in [2.75, 3.05) is 0 Å². The average molecular weight is 1500 g/mol. The third-order valence-electron chi connectivity index (χ3n) is 24.7. The second kappa shape index (κ2) is 28.3. The second-order valence-electron chi connectivity index (χ2n) is 31.2. The Labute approximate surface area is 683 Å². The van der Waals surface area contributed by atoms with Crippen LogP contribution in [-0.4, -0.2) is 9.13 Å². The zero-order valence-electron chi connectivity index (χ0n) is 64.6. The number of aromatic nitrogens is 2. The van der Waals surface area contributed by atoms with Crippen LogP contribution < -0.4 is 0 Å². The fourth-order valence-corrected chi connectivity index (χ4v) is 19.4. The van der Waals surface area contributed by atoms with Crippen molar-refractivity contribution in [3.63, 3.8) is 0 Å². The van der Waals surface area contributed by atoms with E-state index in [4.69, 9.17) is 0 Å². The minimum absolute atomic E-state index is 1.15. The Balaban J connectivity index is 0.000000138. The third-order valence-corrected chi connectivity index (χ3v) is 24.7. The first-order valence-electron chi connectivity index (χ1n) is 40.9. The molecule has 24 aromatic rings. The molecule has 2 heterocycles. The molecule has 0 unspecified atom stereocenters. The Kier molecular flexibility index (Phi) is 16.3. The van der Waals surface area contributed by atoms with Crippen LogP contribution in [0.2, 0.25) is 0 Å². The Morgan fingerprint density at radius 3 is 0.881 bits per heavy atom. The van der Waals surface area contributed by atoms with Gasteiger partial charge < -0.3 is 9.13 Å². The first-order valence-corrected chi connectivity index (χ1v) is 40.9. The summed E-state index contributed by atoms with van der Waals surface area (Å²) in [6, 6.07) is 165. The highest BCUT2D eigenvalue weighted by atomic mass is 15.0. The lowest BCUT2D eigenvalue weighted by molar-refractivity contribution is 1.19. The Hall–Kier alpha value is -15.5. The summed E-state index contributed by atoms with van der Waals surface area (Å²) in [7, 11) is 0. The summed E-state index contributed by atoms with van der Waals surface area (Å²) in [5.41, 5.74) is 26.9. The normalized spacial score (nSPS) is 11.7. The van der Waals surface area contributed by atoms with Crippen LogP contribution in [0.1, 0.15) is 0 Å². The molecule has 118 heavy (non-hydrogen) atoms. The molecule has 0 aliphatic rings. The molecule has 2 aromatic heterocycles. The molecule has 0 aliphatic heterocycles. The Morgan fingerprint density at radius 2 is 0.449 bits per heavy atom. The van der Waals surface area contributed by atoms with Gasteiger partial charge in [0.25, 0.3) is 0 Å². The zero-order valence-corrected chi connectivity index (χ0v) is 64.6. The van der Waals surface area contributed by atoms with Crippen molar-refractivity contribution in [2.45, 2.75) is 0 Å². The Morgan fingerprint density at radius 1 is 0.136 bits per heavy atom. The van der Waals surface area contributed by atoms with Crippen LogP contribution in [0.25, 0.3) is 230 Å². The molecule has 0 radical (unpaired) electrons. The van der Waals surface area contributed by atoms with Gasteiger partial charge in [-0.3, -0.25) is 0 Å². The largest absolute Gasteiger partial charge is 0.309 e. The van der Waals surface area contributed by atoms with E-state index in [0.717, 1.165) is 5.69 Å². The molecule has 0 amide bonds. The highest BCUT2D eigenvalue weighted by molar-refractivity contribution is 6.31. The van der Waals surface area contributed by atoms with E-state index < -0.39 is 0 Å². The number of benzene rings is 22. The molecule has 24 rings (SSSR count). The lowest BCUT2D eigenvalue weighted by Crippen LogP contribution is -1.97. The van der Waals surface area contributed by atoms with Gasteiger partial charge in [0.1, 0.15) is 0 Å². The maximum Gasteiger partial charge on any atom is 0.0541 e. The average Bonchev–Trinajstić information content (AvgIpc) is 1.20. The summed E-state index contributed by atoms with van der Waals surface area (Å²) in [6.45, 7) is 0. The number of rotatable bonds is 10. The molecule has 22 aromatic carbocycles. The summed E-state index contributed by atoms with van der Waals surface area (Å²) in [4.78, 5) is 0. The van der Waals surface area contributed by atoms with E-state index in [9.17, 15) is 0 Å². The monoisotopic (exact) mass is 1490 g/mol. The van der Waals surface area contributed by atoms with E-state index in [2.05, 4.69) is 458 Å². The lowest BCUT2D eigenvalue weighted by Gasteiger charge is -2.21. The topological polar surface area (TPSA) is 9.86 Å². The molecule has 548 valence electrons. The molecular weight excluding hydrogens is 1420 g/mol. The van der Waals surface area contributed by atoms with Gasteiger partial charge >= 0.3 is 0 Å². The molecule has 0 saturated carbocycles. The maximum absolute atomic E-state index is 2.49. The van der Waals surface area contributed by atoms with Crippen LogP contribution in [0.4, 0.5) is 0 Å². The predicted molar refractivity (Wildman–Crippen MR) is 505 cm³/mol. The van der Waals surface area contributed by atoms with Crippen LogP contribution >= 0.6 is 0 Å². The van der Waals surface area contributed by atoms with Gasteiger partial charge in [0, 0.05) is 32.6 Å². The van der Waals surface area contributed by atoms with E-state index in [0.29, 0.717) is 0 Å². The minimum atomic E-state index is 1.15. The number of hydrogen-bond acceptors (Lipinski definition) is 0. The predicted octanol–water partition coefficient (Wildman–Crippen LogP) is 32.1. The van der Waals surface area contributed by atoms with Crippen molar-refractivity contribution in [1.82, 2.24) is 9.13 Å². The van der Waals surface area contributed by atoms with Gasteiger partial charge in [-0.1, -0.05) is 376 Å². The fraction of sp³-hybridized carbons (Fsp3) is 0. The molecule has 0 spiro atoms. The SMILES string of the molecule is c1ccc(-c2ccc3c(c2)c2cc(-c4ccccc4)ccc2n3-c2ccc(-c3c4ccccc4c(-c4ccccc4)c4c3ccc3ccccc34)c3ccccc23)cc1.c1ccc(-c2ccc3c(c2)c2cc(-c4ccccc4)ccc2n3-c2ccc3cc(-c4c5ccccc5c(-c5ccccc5)c5c4ccc4ccccc45)ccc3c2)cc1. The first kappa shape index (κ1) is 68.1. The summed E-state index contributed by atoms with van der Waals surface area (Å²) in [6.07, 6.45) is 0. The summed E-state index contributed by atoms with van der Waals surface area (Å²) in [5.74, 6) is 0. The van der Waals surface area contributed by atoms with Crippen molar-refractivity contribution < 1.29 is 0 Å². The van der Waals surface area contributed by atoms with Crippen molar-refractivity contribution >= 4 is 130 Å². The molecule has 2 nitrogen and oxygen atoms in total. The third kappa shape index (κ3) is 11.3. The standard InChI is InChI=1S/2C58H37N/c1-4-16-38(17-5-1)42-29-33-54-51(36-42)52-37-43(39-18-6-2-7-19-39)30-34-55(52)59(54)53-35-32-49(45-24-12-13-25-46(45)53)57-48-27-15-14-26-47(48)56(41-21-8-3-9-22-41)58-44-23-11-10-20-40(44)28-31-50(57)58;1-4-14-38(15-5-1)44-28-32-54-52(36-44)53-37-45(39-16-6-2-7-17-39)29-33-55(53)59(54)47-30-26-42-34-46(25-24-43(42)35-47)56-49-22-12-13-23-50(49)57(41-19-8-3-9-20-41)58-48-21-11-10-18-40(48)27-31-51(56)58/h2*1-37H. The molecule has 0 aliphatic carbocycles. The fourth-order valence-electron chi connectivity index (χ4n) is 19.4. The van der Waals surface area contributed by atoms with Crippen molar-refractivity contribution in [1.29, 1.82) is 0 Å². The quantitative estimate of drug-likeness (QED) is 0.0954. The molecule has 2 heteroatoms. The summed E-state index contributed by atoms with van der Waals surface area (Å²) < 4.78 is 4.93. The number of hydrogen-bond donors (Lipinski definition) is 0. The molecule has 0 bridgehead atoms. The highest BCUT2D eigenvalue weighted by Crippen LogP contribution is 2.51. The maximum atomic E-state index is 2.49.